The highest BCUT2D eigenvalue weighted by Gasteiger charge is 2.42. The smallest absolute Gasteiger partial charge is 0.325 e. The van der Waals surface area contributed by atoms with Crippen molar-refractivity contribution in [2.75, 3.05) is 15.4 Å². The molecule has 0 saturated heterocycles. The Labute approximate surface area is 214 Å². The molecule has 0 bridgehead atoms. The lowest BCUT2D eigenvalue weighted by atomic mass is 9.91. The minimum Gasteiger partial charge on any atom is -0.325 e. The zero-order chi connectivity index (χ0) is 26.3. The van der Waals surface area contributed by atoms with E-state index in [0.717, 1.165) is 10.4 Å². The maximum Gasteiger partial charge on any atom is 0.416 e. The number of ketones is 1. The van der Waals surface area contributed by atoms with Crippen LogP contribution in [-0.4, -0.2) is 25.9 Å². The molecule has 4 rings (SSSR count). The van der Waals surface area contributed by atoms with Crippen molar-refractivity contribution in [1.82, 2.24) is 0 Å². The molecular formula is C24H17Cl2F3N2O4S. The highest BCUT2D eigenvalue weighted by molar-refractivity contribution is 7.93. The highest BCUT2D eigenvalue weighted by Crippen LogP contribution is 2.40. The summed E-state index contributed by atoms with van der Waals surface area (Å²) in [6.07, 6.45) is -4.79. The van der Waals surface area contributed by atoms with E-state index >= 15 is 0 Å². The van der Waals surface area contributed by atoms with E-state index in [1.54, 1.807) is 0 Å². The molecule has 1 amide bonds. The van der Waals surface area contributed by atoms with E-state index in [-0.39, 0.29) is 17.8 Å². The van der Waals surface area contributed by atoms with Crippen LogP contribution in [0.3, 0.4) is 0 Å². The van der Waals surface area contributed by atoms with Crippen LogP contribution in [0.4, 0.5) is 24.5 Å². The van der Waals surface area contributed by atoms with Gasteiger partial charge in [-0.05, 0) is 59.7 Å². The molecule has 188 valence electrons. The van der Waals surface area contributed by atoms with Gasteiger partial charge in [-0.25, -0.2) is 8.42 Å². The summed E-state index contributed by atoms with van der Waals surface area (Å²) in [5.41, 5.74) is -0.987. The lowest BCUT2D eigenvalue weighted by Crippen LogP contribution is -2.34. The first-order chi connectivity index (χ1) is 16.8. The molecular weight excluding hydrogens is 540 g/mol. The number of hydrogen-bond acceptors (Lipinski definition) is 4. The van der Waals surface area contributed by atoms with Crippen LogP contribution < -0.4 is 9.62 Å². The maximum atomic E-state index is 13.6. The standard InChI is InChI=1S/C24H17Cl2F3N2O4S/c25-16-4-1-14(2-5-16)12-31-20-11-15(24(27,28)29)3-10-19(20)22(21(32)13-36(31,34)35)23(33)30-18-8-6-17(26)7-9-18/h1-11,22H,12-13H2,(H,30,33). The van der Waals surface area contributed by atoms with Crippen molar-refractivity contribution >= 4 is 56.3 Å². The molecule has 1 atom stereocenters. The lowest BCUT2D eigenvalue weighted by molar-refractivity contribution is -0.137. The van der Waals surface area contributed by atoms with Crippen LogP contribution in [0.2, 0.25) is 10.0 Å². The summed E-state index contributed by atoms with van der Waals surface area (Å²) in [5, 5.41) is 3.29. The fraction of sp³-hybridized carbons (Fsp3) is 0.167. The second-order valence-corrected chi connectivity index (χ2v) is 10.8. The van der Waals surface area contributed by atoms with Gasteiger partial charge in [-0.2, -0.15) is 13.2 Å². The molecule has 36 heavy (non-hydrogen) atoms. The molecule has 3 aromatic carbocycles. The summed E-state index contributed by atoms with van der Waals surface area (Å²) in [6.45, 7) is -0.368. The molecule has 0 radical (unpaired) electrons. The zero-order valence-electron chi connectivity index (χ0n) is 18.2. The quantitative estimate of drug-likeness (QED) is 0.420. The summed E-state index contributed by atoms with van der Waals surface area (Å²) >= 11 is 11.7. The van der Waals surface area contributed by atoms with Crippen molar-refractivity contribution in [3.63, 3.8) is 0 Å². The number of Topliss-reactive ketones (excluding diaryl/α,β-unsaturated/α-hetero) is 1. The third-order valence-electron chi connectivity index (χ3n) is 5.53. The van der Waals surface area contributed by atoms with E-state index in [1.807, 2.05) is 0 Å². The van der Waals surface area contributed by atoms with Crippen molar-refractivity contribution in [1.29, 1.82) is 0 Å². The molecule has 1 aliphatic heterocycles. The topological polar surface area (TPSA) is 83.6 Å². The van der Waals surface area contributed by atoms with Gasteiger partial charge in [0, 0.05) is 15.7 Å². The second kappa shape index (κ2) is 9.76. The van der Waals surface area contributed by atoms with Crippen molar-refractivity contribution < 1.29 is 31.2 Å². The van der Waals surface area contributed by atoms with Crippen molar-refractivity contribution in [2.45, 2.75) is 18.6 Å². The first kappa shape index (κ1) is 26.0. The van der Waals surface area contributed by atoms with Crippen molar-refractivity contribution in [3.8, 4) is 0 Å². The Morgan fingerprint density at radius 2 is 1.56 bits per heavy atom. The van der Waals surface area contributed by atoms with Gasteiger partial charge in [-0.15, -0.1) is 0 Å². The molecule has 0 saturated carbocycles. The third kappa shape index (κ3) is 5.50. The van der Waals surface area contributed by atoms with Gasteiger partial charge in [0.2, 0.25) is 15.9 Å². The lowest BCUT2D eigenvalue weighted by Gasteiger charge is -2.25. The minimum atomic E-state index is -4.79. The molecule has 3 aromatic rings. The monoisotopic (exact) mass is 556 g/mol. The predicted octanol–water partition coefficient (Wildman–Crippen LogP) is 5.65. The Bertz CT molecular complexity index is 1430. The van der Waals surface area contributed by atoms with E-state index in [0.29, 0.717) is 27.7 Å². The number of hydrogen-bond donors (Lipinski definition) is 1. The van der Waals surface area contributed by atoms with Crippen LogP contribution in [-0.2, 0) is 32.3 Å². The van der Waals surface area contributed by atoms with Gasteiger partial charge in [0.1, 0.15) is 11.7 Å². The maximum absolute atomic E-state index is 13.6. The van der Waals surface area contributed by atoms with Crippen LogP contribution in [0.5, 0.6) is 0 Å². The van der Waals surface area contributed by atoms with Gasteiger partial charge >= 0.3 is 6.18 Å². The number of fused-ring (bicyclic) bond motifs is 1. The van der Waals surface area contributed by atoms with Gasteiger partial charge in [-0.3, -0.25) is 13.9 Å². The van der Waals surface area contributed by atoms with Gasteiger partial charge in [-0.1, -0.05) is 41.4 Å². The third-order valence-corrected chi connectivity index (χ3v) is 7.68. The van der Waals surface area contributed by atoms with Gasteiger partial charge < -0.3 is 5.32 Å². The molecule has 6 nitrogen and oxygen atoms in total. The summed E-state index contributed by atoms with van der Waals surface area (Å²) in [7, 11) is -4.45. The SMILES string of the molecule is O=C1CS(=O)(=O)N(Cc2ccc(Cl)cc2)c2cc(C(F)(F)F)ccc2C1C(=O)Nc1ccc(Cl)cc1. The number of rotatable bonds is 4. The van der Waals surface area contributed by atoms with E-state index in [1.165, 1.54) is 48.5 Å². The molecule has 1 unspecified atom stereocenters. The molecule has 0 spiro atoms. The Kier molecular flexibility index (Phi) is 7.05. The number of nitrogens with one attached hydrogen (secondary N) is 1. The average Bonchev–Trinajstić information content (AvgIpc) is 2.87. The first-order valence-electron chi connectivity index (χ1n) is 10.4. The summed E-state index contributed by atoms with van der Waals surface area (Å²) in [4.78, 5) is 26.2. The average molecular weight is 557 g/mol. The minimum absolute atomic E-state index is 0.158. The number of anilines is 2. The Balaban J connectivity index is 1.84. The van der Waals surface area contributed by atoms with Gasteiger partial charge in [0.15, 0.2) is 5.78 Å². The molecule has 1 heterocycles. The van der Waals surface area contributed by atoms with Crippen molar-refractivity contribution in [3.05, 3.63) is 93.5 Å². The molecule has 0 fully saturated rings. The van der Waals surface area contributed by atoms with Crippen LogP contribution in [0.15, 0.2) is 66.7 Å². The van der Waals surface area contributed by atoms with Crippen LogP contribution in [0.25, 0.3) is 0 Å². The number of benzene rings is 3. The fourth-order valence-electron chi connectivity index (χ4n) is 3.82. The predicted molar refractivity (Wildman–Crippen MR) is 131 cm³/mol. The molecule has 1 N–H and O–H groups in total. The highest BCUT2D eigenvalue weighted by atomic mass is 35.5. The van der Waals surface area contributed by atoms with Crippen LogP contribution in [0.1, 0.15) is 22.6 Å². The molecule has 1 aliphatic rings. The fourth-order valence-corrected chi connectivity index (χ4v) is 5.56. The molecule has 0 aliphatic carbocycles. The zero-order valence-corrected chi connectivity index (χ0v) is 20.5. The molecule has 0 aromatic heterocycles. The molecule has 12 heteroatoms. The largest absolute Gasteiger partial charge is 0.416 e. The summed E-state index contributed by atoms with van der Waals surface area (Å²) in [5.74, 6) is -4.59. The number of carbonyl (C=O) groups is 2. The number of nitrogens with zero attached hydrogens (tertiary/aromatic N) is 1. The normalized spacial score (nSPS) is 17.3. The summed E-state index contributed by atoms with van der Waals surface area (Å²) < 4.78 is 67.9. The Hall–Kier alpha value is -3.08. The van der Waals surface area contributed by atoms with Crippen LogP contribution >= 0.6 is 23.2 Å². The van der Waals surface area contributed by atoms with Crippen molar-refractivity contribution in [2.24, 2.45) is 0 Å². The van der Waals surface area contributed by atoms with Gasteiger partial charge in [0.25, 0.3) is 0 Å². The van der Waals surface area contributed by atoms with E-state index < -0.39 is 50.8 Å². The summed E-state index contributed by atoms with van der Waals surface area (Å²) in [6, 6.07) is 14.3. The number of sulfonamides is 1. The Morgan fingerprint density at radius 1 is 0.972 bits per heavy atom. The van der Waals surface area contributed by atoms with E-state index in [9.17, 15) is 31.2 Å². The number of alkyl halides is 3. The first-order valence-corrected chi connectivity index (χ1v) is 12.8. The number of halogens is 5. The number of carbonyl (C=O) groups excluding carboxylic acids is 2. The number of amides is 1. The van der Waals surface area contributed by atoms with E-state index in [2.05, 4.69) is 5.32 Å². The second-order valence-electron chi connectivity index (χ2n) is 8.06. The van der Waals surface area contributed by atoms with Gasteiger partial charge in [0.05, 0.1) is 17.8 Å². The Morgan fingerprint density at radius 3 is 2.14 bits per heavy atom. The van der Waals surface area contributed by atoms with E-state index in [4.69, 9.17) is 23.2 Å². The van der Waals surface area contributed by atoms with Crippen LogP contribution in [0, 0.1) is 0 Å².